The minimum Gasteiger partial charge on any atom is -0.423 e. The highest BCUT2D eigenvalue weighted by Gasteiger charge is 2.24. The summed E-state index contributed by atoms with van der Waals surface area (Å²) in [6, 6.07) is 4.60. The van der Waals surface area contributed by atoms with E-state index in [-0.39, 0.29) is 16.4 Å². The van der Waals surface area contributed by atoms with E-state index in [9.17, 15) is 14.8 Å². The number of amides is 1. The van der Waals surface area contributed by atoms with Gasteiger partial charge in [0, 0.05) is 29.1 Å². The Labute approximate surface area is 118 Å². The van der Waals surface area contributed by atoms with Gasteiger partial charge in [0.25, 0.3) is 5.91 Å². The third-order valence-corrected chi connectivity index (χ3v) is 3.81. The van der Waals surface area contributed by atoms with Gasteiger partial charge in [-0.3, -0.25) is 4.79 Å². The zero-order valence-corrected chi connectivity index (χ0v) is 11.6. The fraction of sp³-hybridized carbons (Fsp3) is 0.462. The molecule has 1 amide bonds. The Kier molecular flexibility index (Phi) is 4.50. The molecule has 1 unspecified atom stereocenters. The highest BCUT2D eigenvalue weighted by Crippen LogP contribution is 2.18. The number of piperidine rings is 1. The third kappa shape index (κ3) is 3.29. The van der Waals surface area contributed by atoms with Crippen molar-refractivity contribution in [1.29, 1.82) is 0 Å². The van der Waals surface area contributed by atoms with Crippen molar-refractivity contribution >= 4 is 30.1 Å². The molecule has 1 aliphatic rings. The van der Waals surface area contributed by atoms with Gasteiger partial charge in [0.2, 0.25) is 0 Å². The average Bonchev–Trinajstić information content (AvgIpc) is 2.38. The van der Waals surface area contributed by atoms with Crippen molar-refractivity contribution in [2.45, 2.75) is 19.8 Å². The first-order chi connectivity index (χ1) is 8.99. The Balaban J connectivity index is 2.21. The maximum Gasteiger partial charge on any atom is 0.489 e. The van der Waals surface area contributed by atoms with Gasteiger partial charge in [0.05, 0.1) is 0 Å². The minimum atomic E-state index is -1.67. The molecule has 102 valence electrons. The molecule has 0 radical (unpaired) electrons. The Morgan fingerprint density at radius 2 is 2.21 bits per heavy atom. The number of carbonyl (C=O) groups is 1. The van der Waals surface area contributed by atoms with Crippen LogP contribution >= 0.6 is 11.6 Å². The van der Waals surface area contributed by atoms with Gasteiger partial charge in [-0.25, -0.2) is 0 Å². The van der Waals surface area contributed by atoms with Crippen LogP contribution in [0.2, 0.25) is 5.02 Å². The number of nitrogens with zero attached hydrogens (tertiary/aromatic N) is 1. The van der Waals surface area contributed by atoms with Crippen molar-refractivity contribution in [3.63, 3.8) is 0 Å². The summed E-state index contributed by atoms with van der Waals surface area (Å²) in [5.41, 5.74) is 0.610. The number of halogens is 1. The third-order valence-electron chi connectivity index (χ3n) is 3.47. The Morgan fingerprint density at radius 3 is 2.84 bits per heavy atom. The van der Waals surface area contributed by atoms with Gasteiger partial charge in [0.15, 0.2) is 0 Å². The van der Waals surface area contributed by atoms with Crippen molar-refractivity contribution in [3.05, 3.63) is 28.8 Å². The summed E-state index contributed by atoms with van der Waals surface area (Å²) < 4.78 is 0. The van der Waals surface area contributed by atoms with Gasteiger partial charge in [-0.05, 0) is 37.0 Å². The molecule has 6 heteroatoms. The highest BCUT2D eigenvalue weighted by molar-refractivity contribution is 6.62. The normalized spacial score (nSPS) is 19.4. The SMILES string of the molecule is CC1CCCN(C(=O)c2ccc(Cl)c(B(O)O)c2)C1. The van der Waals surface area contributed by atoms with Crippen molar-refractivity contribution in [2.75, 3.05) is 13.1 Å². The van der Waals surface area contributed by atoms with Crippen LogP contribution in [0.15, 0.2) is 18.2 Å². The molecule has 2 rings (SSSR count). The number of benzene rings is 1. The summed E-state index contributed by atoms with van der Waals surface area (Å²) in [5.74, 6) is 0.429. The second kappa shape index (κ2) is 5.95. The maximum absolute atomic E-state index is 12.4. The summed E-state index contributed by atoms with van der Waals surface area (Å²) in [7, 11) is -1.67. The number of hydrogen-bond acceptors (Lipinski definition) is 3. The highest BCUT2D eigenvalue weighted by atomic mass is 35.5. The molecule has 0 saturated carbocycles. The van der Waals surface area contributed by atoms with Crippen LogP contribution in [-0.4, -0.2) is 41.1 Å². The average molecular weight is 282 g/mol. The van der Waals surface area contributed by atoms with Gasteiger partial charge in [-0.15, -0.1) is 0 Å². The first-order valence-corrected chi connectivity index (χ1v) is 6.81. The number of hydrogen-bond donors (Lipinski definition) is 2. The zero-order chi connectivity index (χ0) is 14.0. The van der Waals surface area contributed by atoms with E-state index in [1.165, 1.54) is 12.1 Å². The Hall–Kier alpha value is -1.04. The molecular formula is C13H17BClNO3. The van der Waals surface area contributed by atoms with E-state index in [1.54, 1.807) is 6.07 Å². The van der Waals surface area contributed by atoms with Crippen molar-refractivity contribution < 1.29 is 14.8 Å². The largest absolute Gasteiger partial charge is 0.489 e. The van der Waals surface area contributed by atoms with Crippen molar-refractivity contribution in [1.82, 2.24) is 4.90 Å². The monoisotopic (exact) mass is 281 g/mol. The van der Waals surface area contributed by atoms with Gasteiger partial charge in [-0.2, -0.15) is 0 Å². The fourth-order valence-electron chi connectivity index (χ4n) is 2.43. The van der Waals surface area contributed by atoms with Gasteiger partial charge in [-0.1, -0.05) is 18.5 Å². The molecule has 4 nitrogen and oxygen atoms in total. The van der Waals surface area contributed by atoms with E-state index >= 15 is 0 Å². The topological polar surface area (TPSA) is 60.8 Å². The molecule has 0 aromatic heterocycles. The molecule has 1 aromatic carbocycles. The number of likely N-dealkylation sites (tertiary alicyclic amines) is 1. The standard InChI is InChI=1S/C13H17BClNO3/c1-9-3-2-6-16(8-9)13(17)10-4-5-12(15)11(7-10)14(18)19/h4-5,7,9,18-19H,2-3,6,8H2,1H3. The lowest BCUT2D eigenvalue weighted by molar-refractivity contribution is 0.0683. The molecular weight excluding hydrogens is 264 g/mol. The van der Waals surface area contributed by atoms with Crippen LogP contribution < -0.4 is 5.46 Å². The smallest absolute Gasteiger partial charge is 0.423 e. The van der Waals surface area contributed by atoms with E-state index < -0.39 is 7.12 Å². The first kappa shape index (κ1) is 14.4. The van der Waals surface area contributed by atoms with Crippen LogP contribution in [0.3, 0.4) is 0 Å². The predicted molar refractivity (Wildman–Crippen MR) is 75.6 cm³/mol. The van der Waals surface area contributed by atoms with E-state index in [2.05, 4.69) is 6.92 Å². The lowest BCUT2D eigenvalue weighted by atomic mass is 9.79. The minimum absolute atomic E-state index is 0.0786. The molecule has 0 bridgehead atoms. The molecule has 0 spiro atoms. The van der Waals surface area contributed by atoms with Crippen LogP contribution in [0.5, 0.6) is 0 Å². The quantitative estimate of drug-likeness (QED) is 0.792. The van der Waals surface area contributed by atoms with Crippen LogP contribution in [0.25, 0.3) is 0 Å². The van der Waals surface area contributed by atoms with Crippen LogP contribution in [0.1, 0.15) is 30.1 Å². The van der Waals surface area contributed by atoms with Crippen LogP contribution in [-0.2, 0) is 0 Å². The molecule has 1 atom stereocenters. The molecule has 1 fully saturated rings. The van der Waals surface area contributed by atoms with Gasteiger partial charge >= 0.3 is 7.12 Å². The fourth-order valence-corrected chi connectivity index (χ4v) is 2.65. The molecule has 1 heterocycles. The number of rotatable bonds is 2. The van der Waals surface area contributed by atoms with Gasteiger partial charge < -0.3 is 14.9 Å². The molecule has 1 aliphatic heterocycles. The maximum atomic E-state index is 12.4. The van der Waals surface area contributed by atoms with Crippen LogP contribution in [0, 0.1) is 5.92 Å². The van der Waals surface area contributed by atoms with Crippen molar-refractivity contribution in [2.24, 2.45) is 5.92 Å². The van der Waals surface area contributed by atoms with Gasteiger partial charge in [0.1, 0.15) is 0 Å². The van der Waals surface area contributed by atoms with E-state index in [0.29, 0.717) is 11.5 Å². The predicted octanol–water partition coefficient (Wildman–Crippen LogP) is 0.892. The zero-order valence-electron chi connectivity index (χ0n) is 10.8. The number of carbonyl (C=O) groups excluding carboxylic acids is 1. The molecule has 19 heavy (non-hydrogen) atoms. The summed E-state index contributed by atoms with van der Waals surface area (Å²) in [6.45, 7) is 3.63. The summed E-state index contributed by atoms with van der Waals surface area (Å²) in [5, 5.41) is 18.7. The second-order valence-electron chi connectivity index (χ2n) is 5.11. The Morgan fingerprint density at radius 1 is 1.47 bits per heavy atom. The van der Waals surface area contributed by atoms with Crippen molar-refractivity contribution in [3.8, 4) is 0 Å². The van der Waals surface area contributed by atoms with E-state index in [0.717, 1.165) is 25.9 Å². The lowest BCUT2D eigenvalue weighted by Gasteiger charge is -2.31. The Bertz CT molecular complexity index is 481. The summed E-state index contributed by atoms with van der Waals surface area (Å²) in [4.78, 5) is 14.2. The molecule has 2 N–H and O–H groups in total. The molecule has 1 aromatic rings. The lowest BCUT2D eigenvalue weighted by Crippen LogP contribution is -2.40. The summed E-state index contributed by atoms with van der Waals surface area (Å²) in [6.07, 6.45) is 2.15. The first-order valence-electron chi connectivity index (χ1n) is 6.44. The van der Waals surface area contributed by atoms with Crippen LogP contribution in [0.4, 0.5) is 0 Å². The van der Waals surface area contributed by atoms with E-state index in [1.807, 2.05) is 4.90 Å². The second-order valence-corrected chi connectivity index (χ2v) is 5.52. The molecule has 0 aliphatic carbocycles. The molecule has 1 saturated heterocycles. The van der Waals surface area contributed by atoms with E-state index in [4.69, 9.17) is 11.6 Å². The summed E-state index contributed by atoms with van der Waals surface area (Å²) >= 11 is 5.86.